The minimum Gasteiger partial charge on any atom is -0.341 e. The van der Waals surface area contributed by atoms with Crippen LogP contribution in [0.1, 0.15) is 30.8 Å². The average Bonchev–Trinajstić information content (AvgIpc) is 2.56. The third-order valence-corrected chi connectivity index (χ3v) is 3.40. The first-order chi connectivity index (χ1) is 7.65. The Labute approximate surface area is 94.3 Å². The van der Waals surface area contributed by atoms with Gasteiger partial charge in [0.05, 0.1) is 5.52 Å². The molecule has 16 heavy (non-hydrogen) atoms. The highest BCUT2D eigenvalue weighted by molar-refractivity contribution is 5.70. The van der Waals surface area contributed by atoms with Crippen molar-refractivity contribution in [1.29, 1.82) is 0 Å². The van der Waals surface area contributed by atoms with Gasteiger partial charge in [0.25, 0.3) is 0 Å². The van der Waals surface area contributed by atoms with Crippen molar-refractivity contribution >= 4 is 11.2 Å². The number of hydrogen-bond acceptors (Lipinski definition) is 3. The molecule has 2 aromatic heterocycles. The van der Waals surface area contributed by atoms with Gasteiger partial charge < -0.3 is 10.7 Å². The van der Waals surface area contributed by atoms with Crippen LogP contribution in [0.25, 0.3) is 11.2 Å². The van der Waals surface area contributed by atoms with E-state index in [1.54, 1.807) is 0 Å². The average molecular weight is 216 g/mol. The van der Waals surface area contributed by atoms with E-state index in [0.29, 0.717) is 0 Å². The zero-order valence-corrected chi connectivity index (χ0v) is 9.45. The van der Waals surface area contributed by atoms with Gasteiger partial charge in [-0.15, -0.1) is 0 Å². The third kappa shape index (κ3) is 1.59. The standard InChI is InChI=1S/C12H16N4/c1-8-3-4-9-11(14-8)16-10(15-9)7-12(13)5-2-6-12/h3-4H,2,5-7,13H2,1H3,(H,14,15,16). The van der Waals surface area contributed by atoms with Crippen molar-refractivity contribution in [2.24, 2.45) is 5.73 Å². The maximum Gasteiger partial charge on any atom is 0.177 e. The van der Waals surface area contributed by atoms with Crippen LogP contribution in [0.4, 0.5) is 0 Å². The lowest BCUT2D eigenvalue weighted by Crippen LogP contribution is -2.48. The van der Waals surface area contributed by atoms with Gasteiger partial charge in [0.2, 0.25) is 0 Å². The molecule has 1 aliphatic carbocycles. The molecule has 2 aromatic rings. The molecule has 0 spiro atoms. The Hall–Kier alpha value is -1.42. The number of aryl methyl sites for hydroxylation is 1. The van der Waals surface area contributed by atoms with Crippen LogP contribution in [0.5, 0.6) is 0 Å². The van der Waals surface area contributed by atoms with E-state index in [-0.39, 0.29) is 5.54 Å². The van der Waals surface area contributed by atoms with E-state index in [1.165, 1.54) is 6.42 Å². The molecular weight excluding hydrogens is 200 g/mol. The number of imidazole rings is 1. The highest BCUT2D eigenvalue weighted by Crippen LogP contribution is 2.31. The van der Waals surface area contributed by atoms with Crippen molar-refractivity contribution in [1.82, 2.24) is 15.0 Å². The lowest BCUT2D eigenvalue weighted by molar-refractivity contribution is 0.244. The monoisotopic (exact) mass is 216 g/mol. The number of pyridine rings is 1. The lowest BCUT2D eigenvalue weighted by atomic mass is 9.75. The van der Waals surface area contributed by atoms with Gasteiger partial charge in [0, 0.05) is 17.7 Å². The molecule has 3 N–H and O–H groups in total. The predicted octanol–water partition coefficient (Wildman–Crippen LogP) is 1.69. The van der Waals surface area contributed by atoms with Crippen LogP contribution < -0.4 is 5.73 Å². The van der Waals surface area contributed by atoms with Crippen LogP contribution in [0.2, 0.25) is 0 Å². The molecule has 1 fully saturated rings. The number of nitrogens with one attached hydrogen (secondary N) is 1. The Morgan fingerprint density at radius 2 is 2.19 bits per heavy atom. The van der Waals surface area contributed by atoms with Crippen molar-refractivity contribution in [3.8, 4) is 0 Å². The Balaban J connectivity index is 1.93. The zero-order chi connectivity index (χ0) is 11.2. The first kappa shape index (κ1) is 9.78. The van der Waals surface area contributed by atoms with Gasteiger partial charge >= 0.3 is 0 Å². The quantitative estimate of drug-likeness (QED) is 0.802. The van der Waals surface area contributed by atoms with E-state index in [9.17, 15) is 0 Å². The Morgan fingerprint density at radius 3 is 2.88 bits per heavy atom. The summed E-state index contributed by atoms with van der Waals surface area (Å²) in [6.45, 7) is 1.98. The summed E-state index contributed by atoms with van der Waals surface area (Å²) in [7, 11) is 0. The van der Waals surface area contributed by atoms with Crippen molar-refractivity contribution in [2.45, 2.75) is 38.1 Å². The lowest BCUT2D eigenvalue weighted by Gasteiger charge is -2.37. The number of fused-ring (bicyclic) bond motifs is 1. The molecule has 0 bridgehead atoms. The fourth-order valence-corrected chi connectivity index (χ4v) is 2.26. The van der Waals surface area contributed by atoms with Gasteiger partial charge in [-0.3, -0.25) is 0 Å². The molecule has 0 atom stereocenters. The molecule has 0 unspecified atom stereocenters. The zero-order valence-electron chi connectivity index (χ0n) is 9.45. The minimum absolute atomic E-state index is 0.0249. The molecule has 0 radical (unpaired) electrons. The molecule has 4 heteroatoms. The first-order valence-electron chi connectivity index (χ1n) is 5.76. The van der Waals surface area contributed by atoms with Crippen LogP contribution in [0, 0.1) is 6.92 Å². The van der Waals surface area contributed by atoms with Gasteiger partial charge in [-0.2, -0.15) is 0 Å². The van der Waals surface area contributed by atoms with Crippen molar-refractivity contribution in [3.05, 3.63) is 23.7 Å². The van der Waals surface area contributed by atoms with Gasteiger partial charge in [-0.05, 0) is 38.3 Å². The number of hydrogen-bond donors (Lipinski definition) is 2. The van der Waals surface area contributed by atoms with E-state index in [2.05, 4.69) is 15.0 Å². The minimum atomic E-state index is -0.0249. The molecule has 1 saturated carbocycles. The predicted molar refractivity (Wildman–Crippen MR) is 63.1 cm³/mol. The van der Waals surface area contributed by atoms with Crippen molar-refractivity contribution in [3.63, 3.8) is 0 Å². The highest BCUT2D eigenvalue weighted by atomic mass is 15.0. The molecule has 0 aliphatic heterocycles. The van der Waals surface area contributed by atoms with Crippen molar-refractivity contribution < 1.29 is 0 Å². The van der Waals surface area contributed by atoms with E-state index < -0.39 is 0 Å². The van der Waals surface area contributed by atoms with Gasteiger partial charge in [-0.25, -0.2) is 9.97 Å². The first-order valence-corrected chi connectivity index (χ1v) is 5.76. The SMILES string of the molecule is Cc1ccc2[nH]c(CC3(N)CCC3)nc2n1. The topological polar surface area (TPSA) is 67.6 Å². The molecule has 1 aliphatic rings. The second-order valence-electron chi connectivity index (χ2n) is 4.90. The van der Waals surface area contributed by atoms with Crippen LogP contribution in [-0.2, 0) is 6.42 Å². The van der Waals surface area contributed by atoms with Crippen LogP contribution in [-0.4, -0.2) is 20.5 Å². The molecule has 0 saturated heterocycles. The van der Waals surface area contributed by atoms with Crippen LogP contribution in [0.15, 0.2) is 12.1 Å². The summed E-state index contributed by atoms with van der Waals surface area (Å²) in [6.07, 6.45) is 4.30. The third-order valence-electron chi connectivity index (χ3n) is 3.40. The Morgan fingerprint density at radius 1 is 1.38 bits per heavy atom. The molecule has 2 heterocycles. The number of nitrogens with zero attached hydrogens (tertiary/aromatic N) is 2. The van der Waals surface area contributed by atoms with Gasteiger partial charge in [0.1, 0.15) is 5.82 Å². The Kier molecular flexibility index (Phi) is 2.01. The van der Waals surface area contributed by atoms with E-state index in [4.69, 9.17) is 5.73 Å². The largest absolute Gasteiger partial charge is 0.341 e. The van der Waals surface area contributed by atoms with E-state index >= 15 is 0 Å². The Bertz CT molecular complexity index is 525. The van der Waals surface area contributed by atoms with Crippen molar-refractivity contribution in [2.75, 3.05) is 0 Å². The maximum atomic E-state index is 6.21. The summed E-state index contributed by atoms with van der Waals surface area (Å²) in [6, 6.07) is 4.02. The maximum absolute atomic E-state index is 6.21. The summed E-state index contributed by atoms with van der Waals surface area (Å²) >= 11 is 0. The summed E-state index contributed by atoms with van der Waals surface area (Å²) in [4.78, 5) is 12.2. The number of nitrogens with two attached hydrogens (primary N) is 1. The number of aromatic amines is 1. The molecule has 0 aromatic carbocycles. The molecule has 0 amide bonds. The summed E-state index contributed by atoms with van der Waals surface area (Å²) in [5, 5.41) is 0. The van der Waals surface area contributed by atoms with Crippen LogP contribution in [0.3, 0.4) is 0 Å². The highest BCUT2D eigenvalue weighted by Gasteiger charge is 2.33. The van der Waals surface area contributed by atoms with Crippen LogP contribution >= 0.6 is 0 Å². The fourth-order valence-electron chi connectivity index (χ4n) is 2.26. The fraction of sp³-hybridized carbons (Fsp3) is 0.500. The smallest absolute Gasteiger partial charge is 0.177 e. The molecule has 4 nitrogen and oxygen atoms in total. The summed E-state index contributed by atoms with van der Waals surface area (Å²) in [5.74, 6) is 0.968. The number of rotatable bonds is 2. The summed E-state index contributed by atoms with van der Waals surface area (Å²) < 4.78 is 0. The summed E-state index contributed by atoms with van der Waals surface area (Å²) in [5.41, 5.74) is 8.99. The van der Waals surface area contributed by atoms with Gasteiger partial charge in [-0.1, -0.05) is 0 Å². The molecule has 84 valence electrons. The van der Waals surface area contributed by atoms with E-state index in [1.807, 2.05) is 19.1 Å². The van der Waals surface area contributed by atoms with Gasteiger partial charge in [0.15, 0.2) is 5.65 Å². The number of H-pyrrole nitrogens is 1. The number of aromatic nitrogens is 3. The second-order valence-corrected chi connectivity index (χ2v) is 4.90. The molecule has 3 rings (SSSR count). The molecular formula is C12H16N4. The van der Waals surface area contributed by atoms with E-state index in [0.717, 1.165) is 41.9 Å². The second kappa shape index (κ2) is 3.28. The normalized spacial score (nSPS) is 18.6.